The summed E-state index contributed by atoms with van der Waals surface area (Å²) >= 11 is 3.77. The fourth-order valence-electron chi connectivity index (χ4n) is 2.00. The maximum Gasteiger partial charge on any atom is 0.340 e. The van der Waals surface area contributed by atoms with Crippen molar-refractivity contribution < 1.29 is 9.53 Å². The van der Waals surface area contributed by atoms with Crippen molar-refractivity contribution in [1.82, 2.24) is 0 Å². The van der Waals surface area contributed by atoms with E-state index in [9.17, 15) is 20.6 Å². The van der Waals surface area contributed by atoms with Gasteiger partial charge in [-0.05, 0) is 50.7 Å². The number of benzene rings is 2. The number of ether oxygens (including phenoxy) is 1. The van der Waals surface area contributed by atoms with E-state index in [0.29, 0.717) is 7.14 Å². The topological polar surface area (TPSA) is 97.7 Å². The van der Waals surface area contributed by atoms with Gasteiger partial charge in [0.15, 0.2) is 0 Å². The Hall–Kier alpha value is -2.16. The molecule has 5 nitrogen and oxygen atoms in total. The van der Waals surface area contributed by atoms with Crippen molar-refractivity contribution in [3.05, 3.63) is 65.3 Å². The first-order chi connectivity index (χ1) is 11.5. The Kier molecular flexibility index (Phi) is 6.13. The van der Waals surface area contributed by atoms with Gasteiger partial charge in [0.1, 0.15) is 24.8 Å². The molecule has 0 fully saturated rings. The minimum atomic E-state index is -0.696. The van der Waals surface area contributed by atoms with Crippen LogP contribution in [-0.2, 0) is 11.3 Å². The van der Waals surface area contributed by atoms with E-state index in [4.69, 9.17) is 4.74 Å². The molecule has 7 heteroatoms. The van der Waals surface area contributed by atoms with E-state index in [1.165, 1.54) is 0 Å². The highest BCUT2D eigenvalue weighted by Crippen LogP contribution is 2.30. The monoisotopic (exact) mass is 539 g/mol. The summed E-state index contributed by atoms with van der Waals surface area (Å²) in [5, 5.41) is 27.9. The molecule has 0 saturated heterocycles. The second-order valence-electron chi connectivity index (χ2n) is 4.53. The van der Waals surface area contributed by atoms with E-state index in [-0.39, 0.29) is 28.9 Å². The number of hydrogen-bond acceptors (Lipinski definition) is 5. The van der Waals surface area contributed by atoms with E-state index in [1.807, 2.05) is 93.7 Å². The molecule has 0 aliphatic rings. The number of nitrogens with zero attached hydrogens (tertiary/aromatic N) is 3. The smallest absolute Gasteiger partial charge is 0.340 e. The van der Waals surface area contributed by atoms with Crippen LogP contribution in [0.2, 0.25) is 0 Å². The second-order valence-corrected chi connectivity index (χ2v) is 6.68. The third-order valence-corrected chi connectivity index (χ3v) is 6.32. The van der Waals surface area contributed by atoms with Crippen LogP contribution >= 0.6 is 45.2 Å². The normalized spacial score (nSPS) is 9.46. The Morgan fingerprint density at radius 3 is 2.04 bits per heavy atom. The summed E-state index contributed by atoms with van der Waals surface area (Å²) in [6.45, 7) is 0.0547. The van der Waals surface area contributed by atoms with Gasteiger partial charge in [-0.1, -0.05) is 30.3 Å². The average Bonchev–Trinajstić information content (AvgIpc) is 2.61. The van der Waals surface area contributed by atoms with Gasteiger partial charge in [-0.2, -0.15) is 15.8 Å². The molecule has 0 atom stereocenters. The fourth-order valence-corrected chi connectivity index (χ4v) is 3.42. The third-order valence-electron chi connectivity index (χ3n) is 3.13. The van der Waals surface area contributed by atoms with Gasteiger partial charge in [-0.15, -0.1) is 0 Å². The van der Waals surface area contributed by atoms with Crippen molar-refractivity contribution in [1.29, 1.82) is 15.8 Å². The molecule has 0 saturated carbocycles. The number of esters is 1. The van der Waals surface area contributed by atoms with Crippen molar-refractivity contribution >= 4 is 51.2 Å². The van der Waals surface area contributed by atoms with Crippen molar-refractivity contribution in [3.63, 3.8) is 0 Å². The summed E-state index contributed by atoms with van der Waals surface area (Å²) in [4.78, 5) is 12.5. The summed E-state index contributed by atoms with van der Waals surface area (Å²) in [6, 6.07) is 14.7. The van der Waals surface area contributed by atoms with Gasteiger partial charge >= 0.3 is 5.97 Å². The Morgan fingerprint density at radius 1 is 0.917 bits per heavy atom. The molecule has 0 spiro atoms. The predicted molar refractivity (Wildman–Crippen MR) is 102 cm³/mol. The quantitative estimate of drug-likeness (QED) is 0.436. The van der Waals surface area contributed by atoms with Crippen molar-refractivity contribution in [2.24, 2.45) is 0 Å². The van der Waals surface area contributed by atoms with Crippen LogP contribution in [0.3, 0.4) is 0 Å². The van der Waals surface area contributed by atoms with Crippen LogP contribution < -0.4 is 0 Å². The second kappa shape index (κ2) is 8.09. The van der Waals surface area contributed by atoms with Crippen molar-refractivity contribution in [2.75, 3.05) is 0 Å². The first-order valence-electron chi connectivity index (χ1n) is 6.51. The molecule has 0 heterocycles. The number of carbonyl (C=O) groups is 1. The van der Waals surface area contributed by atoms with E-state index < -0.39 is 5.97 Å². The zero-order chi connectivity index (χ0) is 17.7. The molecule has 0 aliphatic heterocycles. The van der Waals surface area contributed by atoms with Gasteiger partial charge in [-0.25, -0.2) is 4.79 Å². The van der Waals surface area contributed by atoms with E-state index in [0.717, 1.165) is 5.56 Å². The third kappa shape index (κ3) is 3.50. The van der Waals surface area contributed by atoms with Gasteiger partial charge in [0.05, 0.1) is 22.3 Å². The highest BCUT2D eigenvalue weighted by molar-refractivity contribution is 14.1. The molecule has 2 aromatic carbocycles. The van der Waals surface area contributed by atoms with Gasteiger partial charge in [-0.3, -0.25) is 0 Å². The fraction of sp³-hybridized carbons (Fsp3) is 0.0588. The maximum absolute atomic E-state index is 12.5. The van der Waals surface area contributed by atoms with Crippen LogP contribution in [0.5, 0.6) is 0 Å². The van der Waals surface area contributed by atoms with Gasteiger partial charge in [0.2, 0.25) is 0 Å². The van der Waals surface area contributed by atoms with E-state index >= 15 is 0 Å². The first-order valence-corrected chi connectivity index (χ1v) is 8.67. The highest BCUT2D eigenvalue weighted by atomic mass is 127. The summed E-state index contributed by atoms with van der Waals surface area (Å²) < 4.78 is 6.16. The van der Waals surface area contributed by atoms with Crippen molar-refractivity contribution in [2.45, 2.75) is 6.61 Å². The van der Waals surface area contributed by atoms with E-state index in [2.05, 4.69) is 0 Å². The number of hydrogen-bond donors (Lipinski definition) is 0. The SMILES string of the molecule is N#Cc1c(I)c(I)c(C(=O)OCc2ccccc2)c(C#N)c1C#N. The Labute approximate surface area is 165 Å². The number of nitriles is 3. The van der Waals surface area contributed by atoms with Crippen LogP contribution in [0.15, 0.2) is 30.3 Å². The molecule has 2 aromatic rings. The van der Waals surface area contributed by atoms with Gasteiger partial charge in [0, 0.05) is 7.14 Å². The lowest BCUT2D eigenvalue weighted by Gasteiger charge is -2.12. The molecule has 0 aliphatic carbocycles. The minimum Gasteiger partial charge on any atom is -0.457 e. The summed E-state index contributed by atoms with van der Waals surface area (Å²) in [5.41, 5.74) is 0.698. The lowest BCUT2D eigenvalue weighted by atomic mass is 9.98. The van der Waals surface area contributed by atoms with Crippen LogP contribution in [0.1, 0.15) is 32.6 Å². The molecule has 2 rings (SSSR count). The van der Waals surface area contributed by atoms with E-state index in [1.54, 1.807) is 0 Å². The van der Waals surface area contributed by atoms with Crippen molar-refractivity contribution in [3.8, 4) is 18.2 Å². The molecule has 0 aromatic heterocycles. The van der Waals surface area contributed by atoms with Crippen LogP contribution in [0.4, 0.5) is 0 Å². The zero-order valence-electron chi connectivity index (χ0n) is 12.0. The average molecular weight is 539 g/mol. The van der Waals surface area contributed by atoms with Gasteiger partial charge < -0.3 is 4.74 Å². The maximum atomic E-state index is 12.5. The molecule has 0 N–H and O–H groups in total. The molecule has 0 unspecified atom stereocenters. The Balaban J connectivity index is 2.49. The molecule has 0 radical (unpaired) electrons. The molecule has 116 valence electrons. The Bertz CT molecular complexity index is 936. The van der Waals surface area contributed by atoms with Gasteiger partial charge in [0.25, 0.3) is 0 Å². The molecule has 24 heavy (non-hydrogen) atoms. The Morgan fingerprint density at radius 2 is 1.50 bits per heavy atom. The van der Waals surface area contributed by atoms with Crippen LogP contribution in [0.25, 0.3) is 0 Å². The molecule has 0 amide bonds. The standard InChI is InChI=1S/C17H7I2N3O2/c18-15-13(8-22)11(6-20)12(7-21)14(16(15)19)17(23)24-9-10-4-2-1-3-5-10/h1-5H,9H2. The number of carbonyl (C=O) groups excluding carboxylic acids is 1. The predicted octanol–water partition coefficient (Wildman–Crippen LogP) is 3.87. The summed E-state index contributed by atoms with van der Waals surface area (Å²) in [6.07, 6.45) is 0. The largest absolute Gasteiger partial charge is 0.457 e. The summed E-state index contributed by atoms with van der Waals surface area (Å²) in [7, 11) is 0. The molecular weight excluding hydrogens is 532 g/mol. The lowest BCUT2D eigenvalue weighted by molar-refractivity contribution is 0.0471. The minimum absolute atomic E-state index is 0.0222. The highest BCUT2D eigenvalue weighted by Gasteiger charge is 2.26. The van der Waals surface area contributed by atoms with Crippen LogP contribution in [-0.4, -0.2) is 5.97 Å². The number of halogens is 2. The number of rotatable bonds is 3. The first kappa shape index (κ1) is 18.2. The van der Waals surface area contributed by atoms with Crippen LogP contribution in [0, 0.1) is 41.1 Å². The molecular formula is C17H7I2N3O2. The summed E-state index contributed by atoms with van der Waals surface area (Å²) in [5.74, 6) is -0.696. The zero-order valence-corrected chi connectivity index (χ0v) is 16.3. The molecule has 0 bridgehead atoms. The lowest BCUT2D eigenvalue weighted by Crippen LogP contribution is -2.13.